The molecule has 0 N–H and O–H groups in total. The molecule has 0 heterocycles. The molecule has 0 aliphatic carbocycles. The topological polar surface area (TPSA) is 0 Å². The number of rotatable bonds is 3. The van der Waals surface area contributed by atoms with Crippen molar-refractivity contribution < 1.29 is 0 Å². The Labute approximate surface area is 66.4 Å². The summed E-state index contributed by atoms with van der Waals surface area (Å²) in [4.78, 5) is 0. The summed E-state index contributed by atoms with van der Waals surface area (Å²) >= 11 is 0. The molecule has 0 aromatic heterocycles. The molecule has 10 heavy (non-hydrogen) atoms. The van der Waals surface area contributed by atoms with Crippen LogP contribution in [0.3, 0.4) is 0 Å². The van der Waals surface area contributed by atoms with Gasteiger partial charge in [-0.15, -0.1) is 6.58 Å². The molecule has 60 valence electrons. The van der Waals surface area contributed by atoms with Crippen molar-refractivity contribution in [2.75, 3.05) is 0 Å². The summed E-state index contributed by atoms with van der Waals surface area (Å²) in [6.07, 6.45) is 1.30. The molecule has 0 nitrogen and oxygen atoms in total. The molecule has 1 heteroatoms. The maximum Gasteiger partial charge on any atom is 0.0771 e. The van der Waals surface area contributed by atoms with Gasteiger partial charge in [-0.1, -0.05) is 38.6 Å². The van der Waals surface area contributed by atoms with Crippen LogP contribution in [-0.2, 0) is 0 Å². The molecule has 0 saturated carbocycles. The van der Waals surface area contributed by atoms with Crippen molar-refractivity contribution >= 4 is 8.07 Å². The monoisotopic (exact) mass is 156 g/mol. The molecule has 0 fully saturated rings. The Kier molecular flexibility index (Phi) is 3.36. The molecule has 0 aliphatic heterocycles. The first-order valence-corrected chi connectivity index (χ1v) is 7.16. The second-order valence-corrected chi connectivity index (χ2v) is 9.09. The van der Waals surface area contributed by atoms with Crippen LogP contribution < -0.4 is 0 Å². The molecule has 0 rings (SSSR count). The summed E-state index contributed by atoms with van der Waals surface area (Å²) in [6.45, 7) is 15.7. The highest BCUT2D eigenvalue weighted by molar-refractivity contribution is 6.85. The van der Waals surface area contributed by atoms with Crippen molar-refractivity contribution in [1.29, 1.82) is 0 Å². The van der Waals surface area contributed by atoms with Crippen LogP contribution in [0.25, 0.3) is 0 Å². The van der Waals surface area contributed by atoms with Gasteiger partial charge in [0.05, 0.1) is 8.07 Å². The fourth-order valence-electron chi connectivity index (χ4n) is 0.931. The third-order valence-electron chi connectivity index (χ3n) is 2.94. The molecular weight excluding hydrogens is 136 g/mol. The van der Waals surface area contributed by atoms with E-state index in [0.717, 1.165) is 5.54 Å². The van der Waals surface area contributed by atoms with Crippen LogP contribution in [0.15, 0.2) is 11.8 Å². The van der Waals surface area contributed by atoms with Gasteiger partial charge in [0.15, 0.2) is 0 Å². The van der Waals surface area contributed by atoms with E-state index in [1.165, 1.54) is 11.6 Å². The molecule has 1 atom stereocenters. The lowest BCUT2D eigenvalue weighted by Gasteiger charge is -2.29. The van der Waals surface area contributed by atoms with Crippen LogP contribution in [0.2, 0.25) is 18.6 Å². The fraction of sp³-hybridized carbons (Fsp3) is 0.778. The van der Waals surface area contributed by atoms with E-state index < -0.39 is 8.07 Å². The van der Waals surface area contributed by atoms with Crippen LogP contribution in [0.4, 0.5) is 0 Å². The SMILES string of the molecule is C=C(C)[Si](C)(C)C(C)CC. The lowest BCUT2D eigenvalue weighted by atomic mass is 10.4. The molecule has 0 aromatic carbocycles. The van der Waals surface area contributed by atoms with Crippen LogP contribution >= 0.6 is 0 Å². The summed E-state index contributed by atoms with van der Waals surface area (Å²) in [5.41, 5.74) is 0.880. The molecule has 0 aliphatic rings. The number of hydrogen-bond acceptors (Lipinski definition) is 0. The van der Waals surface area contributed by atoms with Gasteiger partial charge in [0.2, 0.25) is 0 Å². The van der Waals surface area contributed by atoms with Crippen LogP contribution in [-0.4, -0.2) is 8.07 Å². The Bertz CT molecular complexity index is 125. The van der Waals surface area contributed by atoms with Gasteiger partial charge >= 0.3 is 0 Å². The van der Waals surface area contributed by atoms with Gasteiger partial charge in [0.25, 0.3) is 0 Å². The zero-order valence-electron chi connectivity index (χ0n) is 7.99. The molecule has 0 radical (unpaired) electrons. The van der Waals surface area contributed by atoms with Gasteiger partial charge in [-0.25, -0.2) is 0 Å². The third-order valence-corrected chi connectivity index (χ3v) is 8.02. The molecule has 0 spiro atoms. The summed E-state index contributed by atoms with van der Waals surface area (Å²) in [6, 6.07) is 0. The Morgan fingerprint density at radius 1 is 1.50 bits per heavy atom. The fourth-order valence-corrected chi connectivity index (χ4v) is 2.79. The van der Waals surface area contributed by atoms with Crippen molar-refractivity contribution in [2.24, 2.45) is 0 Å². The van der Waals surface area contributed by atoms with E-state index in [1.807, 2.05) is 0 Å². The predicted octanol–water partition coefficient (Wildman–Crippen LogP) is 3.61. The highest BCUT2D eigenvalue weighted by atomic mass is 28.3. The summed E-state index contributed by atoms with van der Waals surface area (Å²) in [5.74, 6) is 0. The number of hydrogen-bond donors (Lipinski definition) is 0. The minimum Gasteiger partial charge on any atom is -0.104 e. The maximum atomic E-state index is 4.06. The van der Waals surface area contributed by atoms with Crippen molar-refractivity contribution in [1.82, 2.24) is 0 Å². The van der Waals surface area contributed by atoms with E-state index in [0.29, 0.717) is 0 Å². The Morgan fingerprint density at radius 3 is 2.00 bits per heavy atom. The van der Waals surface area contributed by atoms with Gasteiger partial charge in [-0.05, 0) is 12.5 Å². The van der Waals surface area contributed by atoms with E-state index in [9.17, 15) is 0 Å². The minimum atomic E-state index is -1.08. The first-order chi connectivity index (χ1) is 4.42. The summed E-state index contributed by atoms with van der Waals surface area (Å²) in [5, 5.41) is 1.43. The van der Waals surface area contributed by atoms with Crippen molar-refractivity contribution in [2.45, 2.75) is 45.8 Å². The molecule has 0 aromatic rings. The van der Waals surface area contributed by atoms with Crippen LogP contribution in [0.5, 0.6) is 0 Å². The van der Waals surface area contributed by atoms with Gasteiger partial charge in [-0.3, -0.25) is 0 Å². The Morgan fingerprint density at radius 2 is 1.90 bits per heavy atom. The first-order valence-electron chi connectivity index (χ1n) is 4.08. The minimum absolute atomic E-state index is 0.880. The van der Waals surface area contributed by atoms with Crippen LogP contribution in [0, 0.1) is 0 Å². The molecule has 0 saturated heterocycles. The summed E-state index contributed by atoms with van der Waals surface area (Å²) < 4.78 is 0. The molecule has 0 bridgehead atoms. The highest BCUT2D eigenvalue weighted by Gasteiger charge is 2.27. The molecule has 1 unspecified atom stereocenters. The van der Waals surface area contributed by atoms with Gasteiger partial charge in [0.1, 0.15) is 0 Å². The van der Waals surface area contributed by atoms with Gasteiger partial charge in [0, 0.05) is 0 Å². The second-order valence-electron chi connectivity index (χ2n) is 3.81. The normalized spacial score (nSPS) is 14.9. The van der Waals surface area contributed by atoms with Crippen molar-refractivity contribution in [3.63, 3.8) is 0 Å². The van der Waals surface area contributed by atoms with E-state index in [4.69, 9.17) is 0 Å². The van der Waals surface area contributed by atoms with Crippen LogP contribution in [0.1, 0.15) is 27.2 Å². The standard InChI is InChI=1S/C9H20Si/c1-7-9(4)10(5,6)8(2)3/h9H,2,7H2,1,3-6H3. The third kappa shape index (κ3) is 1.98. The van der Waals surface area contributed by atoms with E-state index >= 15 is 0 Å². The molecular formula is C9H20Si. The predicted molar refractivity (Wildman–Crippen MR) is 52.0 cm³/mol. The summed E-state index contributed by atoms with van der Waals surface area (Å²) in [7, 11) is -1.08. The highest BCUT2D eigenvalue weighted by Crippen LogP contribution is 2.29. The van der Waals surface area contributed by atoms with E-state index in [2.05, 4.69) is 40.4 Å². The van der Waals surface area contributed by atoms with E-state index in [-0.39, 0.29) is 0 Å². The maximum absolute atomic E-state index is 4.06. The zero-order chi connectivity index (χ0) is 8.36. The smallest absolute Gasteiger partial charge is 0.0771 e. The quantitative estimate of drug-likeness (QED) is 0.548. The number of allylic oxidation sites excluding steroid dienone is 1. The van der Waals surface area contributed by atoms with Crippen molar-refractivity contribution in [3.8, 4) is 0 Å². The second kappa shape index (κ2) is 3.38. The van der Waals surface area contributed by atoms with Gasteiger partial charge in [-0.2, -0.15) is 0 Å². The average molecular weight is 156 g/mol. The average Bonchev–Trinajstić information content (AvgIpc) is 1.86. The largest absolute Gasteiger partial charge is 0.104 e. The lowest BCUT2D eigenvalue weighted by molar-refractivity contribution is 0.843. The van der Waals surface area contributed by atoms with Gasteiger partial charge < -0.3 is 0 Å². The van der Waals surface area contributed by atoms with E-state index in [1.54, 1.807) is 0 Å². The first kappa shape index (κ1) is 9.96. The Balaban J connectivity index is 4.23. The lowest BCUT2D eigenvalue weighted by Crippen LogP contribution is -2.32. The van der Waals surface area contributed by atoms with Crippen molar-refractivity contribution in [3.05, 3.63) is 11.8 Å². The Hall–Kier alpha value is -0.0431. The zero-order valence-corrected chi connectivity index (χ0v) is 8.99. The molecule has 0 amide bonds.